The molecule has 0 saturated carbocycles. The Morgan fingerprint density at radius 3 is 2.81 bits per heavy atom. The van der Waals surface area contributed by atoms with Crippen LogP contribution in [-0.2, 0) is 0 Å². The third-order valence-electron chi connectivity index (χ3n) is 5.92. The summed E-state index contributed by atoms with van der Waals surface area (Å²) in [6.45, 7) is 3.91. The number of thiophene rings is 1. The van der Waals surface area contributed by atoms with Crippen LogP contribution < -0.4 is 5.32 Å². The van der Waals surface area contributed by atoms with Crippen molar-refractivity contribution in [1.82, 2.24) is 35.1 Å². The molecule has 0 aliphatic rings. The van der Waals surface area contributed by atoms with E-state index in [-0.39, 0.29) is 16.6 Å². The Labute approximate surface area is 208 Å². The molecule has 0 aliphatic heterocycles. The summed E-state index contributed by atoms with van der Waals surface area (Å²) in [6.07, 6.45) is 6.06. The van der Waals surface area contributed by atoms with Gasteiger partial charge in [0.15, 0.2) is 17.1 Å². The maximum Gasteiger partial charge on any atom is 0.184 e. The van der Waals surface area contributed by atoms with Gasteiger partial charge in [0.1, 0.15) is 17.7 Å². The van der Waals surface area contributed by atoms with Crippen LogP contribution in [0.15, 0.2) is 49.1 Å². The van der Waals surface area contributed by atoms with Crippen LogP contribution >= 0.6 is 11.3 Å². The SMILES string of the molecule is CCC(O)Nc1cncc(-c2cnc3n[nH]c(-c4nc5nccc(-c6ccc(C)s6)c5[nH]4)c3c2F)c1. The van der Waals surface area contributed by atoms with Gasteiger partial charge in [-0.2, -0.15) is 5.10 Å². The van der Waals surface area contributed by atoms with E-state index >= 15 is 4.39 Å². The summed E-state index contributed by atoms with van der Waals surface area (Å²) in [5, 5.41) is 20.1. The van der Waals surface area contributed by atoms with E-state index in [0.29, 0.717) is 34.8 Å². The molecular weight excluding hydrogens is 479 g/mol. The number of aliphatic hydroxyl groups excluding tert-OH is 1. The van der Waals surface area contributed by atoms with Crippen molar-refractivity contribution < 1.29 is 9.50 Å². The predicted octanol–water partition coefficient (Wildman–Crippen LogP) is 5.27. The largest absolute Gasteiger partial charge is 0.374 e. The van der Waals surface area contributed by atoms with Crippen molar-refractivity contribution in [1.29, 1.82) is 0 Å². The molecule has 6 heterocycles. The summed E-state index contributed by atoms with van der Waals surface area (Å²) < 4.78 is 15.9. The Balaban J connectivity index is 1.46. The topological polar surface area (TPSA) is 128 Å². The van der Waals surface area contributed by atoms with Crippen LogP contribution in [0.2, 0.25) is 0 Å². The average molecular weight is 501 g/mol. The van der Waals surface area contributed by atoms with E-state index in [1.54, 1.807) is 36.0 Å². The number of aliphatic hydroxyl groups is 1. The van der Waals surface area contributed by atoms with Gasteiger partial charge >= 0.3 is 0 Å². The molecule has 1 unspecified atom stereocenters. The summed E-state index contributed by atoms with van der Waals surface area (Å²) in [7, 11) is 0. The van der Waals surface area contributed by atoms with Crippen LogP contribution in [0, 0.1) is 12.7 Å². The number of imidazole rings is 1. The van der Waals surface area contributed by atoms with Gasteiger partial charge in [-0.25, -0.2) is 19.3 Å². The number of rotatable bonds is 6. The molecule has 6 rings (SSSR count). The molecule has 0 bridgehead atoms. The van der Waals surface area contributed by atoms with Crippen LogP contribution in [0.5, 0.6) is 0 Å². The second kappa shape index (κ2) is 8.77. The molecule has 9 nitrogen and oxygen atoms in total. The Morgan fingerprint density at radius 1 is 1.11 bits per heavy atom. The van der Waals surface area contributed by atoms with E-state index in [4.69, 9.17) is 0 Å². The number of halogens is 1. The van der Waals surface area contributed by atoms with Gasteiger partial charge in [0.25, 0.3) is 0 Å². The fourth-order valence-electron chi connectivity index (χ4n) is 4.10. The molecule has 180 valence electrons. The zero-order valence-corrected chi connectivity index (χ0v) is 20.2. The van der Waals surface area contributed by atoms with Gasteiger partial charge in [-0.15, -0.1) is 11.3 Å². The van der Waals surface area contributed by atoms with Crippen molar-refractivity contribution in [3.63, 3.8) is 0 Å². The molecule has 0 aromatic carbocycles. The number of nitrogens with one attached hydrogen (secondary N) is 3. The molecule has 36 heavy (non-hydrogen) atoms. The number of anilines is 1. The van der Waals surface area contributed by atoms with Crippen LogP contribution in [0.1, 0.15) is 18.2 Å². The maximum absolute atomic E-state index is 15.9. The van der Waals surface area contributed by atoms with Gasteiger partial charge in [-0.05, 0) is 37.6 Å². The highest BCUT2D eigenvalue weighted by molar-refractivity contribution is 7.15. The number of pyridine rings is 3. The van der Waals surface area contributed by atoms with E-state index in [2.05, 4.69) is 59.5 Å². The number of H-pyrrole nitrogens is 2. The number of aromatic amines is 2. The van der Waals surface area contributed by atoms with Crippen molar-refractivity contribution in [3.05, 3.63) is 59.7 Å². The maximum atomic E-state index is 15.9. The second-order valence-electron chi connectivity index (χ2n) is 8.37. The molecule has 0 aliphatic carbocycles. The van der Waals surface area contributed by atoms with E-state index in [1.807, 2.05) is 13.0 Å². The van der Waals surface area contributed by atoms with Gasteiger partial charge in [0.2, 0.25) is 0 Å². The van der Waals surface area contributed by atoms with Gasteiger partial charge in [0.05, 0.1) is 22.8 Å². The Morgan fingerprint density at radius 2 is 2.00 bits per heavy atom. The number of nitrogens with zero attached hydrogens (tertiary/aromatic N) is 5. The number of hydrogen-bond acceptors (Lipinski definition) is 8. The van der Waals surface area contributed by atoms with Gasteiger partial charge in [0, 0.05) is 45.0 Å². The quantitative estimate of drug-likeness (QED) is 0.229. The lowest BCUT2D eigenvalue weighted by atomic mass is 10.1. The molecule has 4 N–H and O–H groups in total. The number of hydrogen-bond donors (Lipinski definition) is 4. The van der Waals surface area contributed by atoms with Crippen LogP contribution in [0.25, 0.3) is 55.3 Å². The monoisotopic (exact) mass is 500 g/mol. The fraction of sp³-hybridized carbons (Fsp3) is 0.160. The van der Waals surface area contributed by atoms with Gasteiger partial charge < -0.3 is 15.4 Å². The first-order valence-electron chi connectivity index (χ1n) is 11.4. The van der Waals surface area contributed by atoms with Crippen molar-refractivity contribution in [2.24, 2.45) is 0 Å². The second-order valence-corrected chi connectivity index (χ2v) is 9.65. The summed E-state index contributed by atoms with van der Waals surface area (Å²) >= 11 is 1.68. The Kier molecular flexibility index (Phi) is 5.42. The number of aryl methyl sites for hydroxylation is 1. The molecule has 6 aromatic rings. The van der Waals surface area contributed by atoms with E-state index in [9.17, 15) is 5.11 Å². The molecule has 1 atom stereocenters. The van der Waals surface area contributed by atoms with Gasteiger partial charge in [-0.3, -0.25) is 10.1 Å². The van der Waals surface area contributed by atoms with Crippen molar-refractivity contribution in [3.8, 4) is 33.1 Å². The van der Waals surface area contributed by atoms with Crippen molar-refractivity contribution in [2.45, 2.75) is 26.5 Å². The summed E-state index contributed by atoms with van der Waals surface area (Å²) in [5.41, 5.74) is 4.24. The number of aromatic nitrogens is 7. The smallest absolute Gasteiger partial charge is 0.184 e. The first kappa shape index (κ1) is 22.3. The molecule has 0 spiro atoms. The Hall–Kier alpha value is -4.22. The first-order chi connectivity index (χ1) is 17.5. The van der Waals surface area contributed by atoms with E-state index < -0.39 is 12.0 Å². The molecule has 0 radical (unpaired) electrons. The normalized spacial score (nSPS) is 12.4. The Bertz CT molecular complexity index is 1720. The minimum atomic E-state index is -0.724. The standard InChI is InChI=1S/C25H21FN8OS/c1-3-18(35)30-14-8-13(9-27-10-14)16-11-29-23-19(20(16)26)22(33-34-23)25-31-21-15(6-7-28-24(21)32-25)17-5-4-12(2)36-17/h4-11,18,30,35H,3H2,1-2H3,(H,28,31,32)(H,29,33,34). The average Bonchev–Trinajstić information content (AvgIpc) is 3.62. The van der Waals surface area contributed by atoms with E-state index in [0.717, 1.165) is 16.0 Å². The predicted molar refractivity (Wildman–Crippen MR) is 138 cm³/mol. The highest BCUT2D eigenvalue weighted by Gasteiger charge is 2.21. The lowest BCUT2D eigenvalue weighted by Crippen LogP contribution is -2.17. The van der Waals surface area contributed by atoms with Gasteiger partial charge in [-0.1, -0.05) is 6.92 Å². The molecule has 0 saturated heterocycles. The molecular formula is C25H21FN8OS. The zero-order chi connectivity index (χ0) is 24.8. The van der Waals surface area contributed by atoms with Crippen molar-refractivity contribution >= 4 is 39.2 Å². The zero-order valence-electron chi connectivity index (χ0n) is 19.4. The lowest BCUT2D eigenvalue weighted by molar-refractivity contribution is 0.199. The first-order valence-corrected chi connectivity index (χ1v) is 12.2. The van der Waals surface area contributed by atoms with Crippen molar-refractivity contribution in [2.75, 3.05) is 5.32 Å². The van der Waals surface area contributed by atoms with E-state index in [1.165, 1.54) is 11.1 Å². The minimum absolute atomic E-state index is 0.215. The molecule has 6 aromatic heterocycles. The lowest BCUT2D eigenvalue weighted by Gasteiger charge is -2.12. The fourth-order valence-corrected chi connectivity index (χ4v) is 5.00. The minimum Gasteiger partial charge on any atom is -0.374 e. The molecule has 0 amide bonds. The third-order valence-corrected chi connectivity index (χ3v) is 6.96. The summed E-state index contributed by atoms with van der Waals surface area (Å²) in [4.78, 5) is 23.2. The highest BCUT2D eigenvalue weighted by Crippen LogP contribution is 2.36. The summed E-state index contributed by atoms with van der Waals surface area (Å²) in [6, 6.07) is 7.78. The molecule has 0 fully saturated rings. The number of fused-ring (bicyclic) bond motifs is 2. The van der Waals surface area contributed by atoms with Crippen LogP contribution in [-0.4, -0.2) is 46.5 Å². The third kappa shape index (κ3) is 3.78. The van der Waals surface area contributed by atoms with Crippen LogP contribution in [0.3, 0.4) is 0 Å². The summed E-state index contributed by atoms with van der Waals surface area (Å²) in [5.74, 6) is -0.0838. The van der Waals surface area contributed by atoms with Crippen LogP contribution in [0.4, 0.5) is 10.1 Å². The highest BCUT2D eigenvalue weighted by atomic mass is 32.1. The molecule has 11 heteroatoms.